The molecule has 1 amide bonds. The fourth-order valence-corrected chi connectivity index (χ4v) is 4.11. The first kappa shape index (κ1) is 20.7. The number of hydrogen-bond donors (Lipinski definition) is 1. The number of hydrogen-bond acceptors (Lipinski definition) is 3. The number of nitrogens with one attached hydrogen (secondary N) is 1. The van der Waals surface area contributed by atoms with Crippen molar-refractivity contribution in [3.63, 3.8) is 0 Å². The van der Waals surface area contributed by atoms with Gasteiger partial charge in [0.25, 0.3) is 5.91 Å². The van der Waals surface area contributed by atoms with E-state index in [4.69, 9.17) is 0 Å². The molecule has 1 atom stereocenters. The van der Waals surface area contributed by atoms with Gasteiger partial charge in [-0.1, -0.05) is 15.9 Å². The molecule has 1 fully saturated rings. The SMILES string of the molecule is Cc1c(N2CCCC(F)C2)nc2ccc(Br)cc2c1C(=O)Nc1[c]cc(F)cc1F. The molecule has 1 N–H and O–H groups in total. The maximum absolute atomic E-state index is 14.1. The Morgan fingerprint density at radius 3 is 2.87 bits per heavy atom. The summed E-state index contributed by atoms with van der Waals surface area (Å²) in [5.41, 5.74) is 1.18. The zero-order chi connectivity index (χ0) is 21.4. The number of aromatic nitrogens is 1. The van der Waals surface area contributed by atoms with E-state index in [1.54, 1.807) is 25.1 Å². The Morgan fingerprint density at radius 2 is 2.13 bits per heavy atom. The monoisotopic (exact) mass is 476 g/mol. The summed E-state index contributed by atoms with van der Waals surface area (Å²) in [7, 11) is 0. The summed E-state index contributed by atoms with van der Waals surface area (Å²) in [5, 5.41) is 3.04. The summed E-state index contributed by atoms with van der Waals surface area (Å²) >= 11 is 3.40. The Labute approximate surface area is 180 Å². The molecular formula is C22H18BrF3N3O. The van der Waals surface area contributed by atoms with Crippen LogP contribution in [0.15, 0.2) is 34.8 Å². The van der Waals surface area contributed by atoms with Crippen molar-refractivity contribution >= 4 is 44.2 Å². The van der Waals surface area contributed by atoms with Gasteiger partial charge in [0.15, 0.2) is 0 Å². The van der Waals surface area contributed by atoms with Gasteiger partial charge >= 0.3 is 0 Å². The molecule has 1 radical (unpaired) electrons. The minimum Gasteiger partial charge on any atom is -0.353 e. The van der Waals surface area contributed by atoms with Crippen LogP contribution in [0.3, 0.4) is 0 Å². The summed E-state index contributed by atoms with van der Waals surface area (Å²) in [4.78, 5) is 19.7. The van der Waals surface area contributed by atoms with Crippen LogP contribution >= 0.6 is 15.9 Å². The van der Waals surface area contributed by atoms with Gasteiger partial charge in [-0.05, 0) is 44.0 Å². The van der Waals surface area contributed by atoms with Crippen LogP contribution in [-0.4, -0.2) is 30.2 Å². The van der Waals surface area contributed by atoms with Crippen molar-refractivity contribution in [1.29, 1.82) is 0 Å². The molecule has 3 aromatic rings. The number of amides is 1. The van der Waals surface area contributed by atoms with Crippen LogP contribution in [0.1, 0.15) is 28.8 Å². The molecule has 1 aliphatic rings. The van der Waals surface area contributed by atoms with E-state index in [9.17, 15) is 18.0 Å². The minimum atomic E-state index is -0.958. The van der Waals surface area contributed by atoms with Crippen molar-refractivity contribution < 1.29 is 18.0 Å². The van der Waals surface area contributed by atoms with Crippen molar-refractivity contribution in [3.05, 3.63) is 63.6 Å². The number of halogens is 4. The standard InChI is InChI=1S/C22H18BrF3N3O/c1-12-20(22(30)28-19-7-5-14(24)10-17(19)26)16-9-13(23)4-6-18(16)27-21(12)29-8-2-3-15(25)11-29/h4-6,9-10,15H,2-3,8,11H2,1H3,(H,28,30). The smallest absolute Gasteiger partial charge is 0.256 e. The van der Waals surface area contributed by atoms with Crippen LogP contribution in [0.25, 0.3) is 10.9 Å². The third-order valence-corrected chi connectivity index (χ3v) is 5.64. The molecule has 0 aliphatic carbocycles. The molecule has 0 spiro atoms. The van der Waals surface area contributed by atoms with Crippen LogP contribution in [0, 0.1) is 24.6 Å². The lowest BCUT2D eigenvalue weighted by Crippen LogP contribution is -2.37. The molecule has 4 rings (SSSR count). The van der Waals surface area contributed by atoms with E-state index in [0.29, 0.717) is 53.3 Å². The Morgan fingerprint density at radius 1 is 1.33 bits per heavy atom. The van der Waals surface area contributed by atoms with Crippen LogP contribution in [0.4, 0.5) is 24.7 Å². The predicted octanol–water partition coefficient (Wildman–Crippen LogP) is 5.57. The summed E-state index contributed by atoms with van der Waals surface area (Å²) in [6.07, 6.45) is 0.238. The molecule has 155 valence electrons. The summed E-state index contributed by atoms with van der Waals surface area (Å²) in [6.45, 7) is 2.58. The molecule has 30 heavy (non-hydrogen) atoms. The summed E-state index contributed by atoms with van der Waals surface area (Å²) in [5.74, 6) is -1.75. The maximum atomic E-state index is 14.1. The zero-order valence-electron chi connectivity index (χ0n) is 16.1. The molecule has 1 saturated heterocycles. The highest BCUT2D eigenvalue weighted by molar-refractivity contribution is 9.10. The number of pyridine rings is 1. The number of carbonyl (C=O) groups is 1. The average molecular weight is 477 g/mol. The Balaban J connectivity index is 1.82. The van der Waals surface area contributed by atoms with Gasteiger partial charge in [-0.2, -0.15) is 0 Å². The number of nitrogens with zero attached hydrogens (tertiary/aromatic N) is 2. The molecule has 2 heterocycles. The van der Waals surface area contributed by atoms with Crippen molar-refractivity contribution in [2.45, 2.75) is 25.9 Å². The number of alkyl halides is 1. The van der Waals surface area contributed by atoms with E-state index in [2.05, 4.69) is 32.3 Å². The summed E-state index contributed by atoms with van der Waals surface area (Å²) < 4.78 is 42.0. The van der Waals surface area contributed by atoms with Crippen molar-refractivity contribution in [2.24, 2.45) is 0 Å². The molecule has 8 heteroatoms. The third kappa shape index (κ3) is 4.01. The van der Waals surface area contributed by atoms with Gasteiger partial charge < -0.3 is 10.2 Å². The van der Waals surface area contributed by atoms with Gasteiger partial charge in [0, 0.05) is 34.1 Å². The van der Waals surface area contributed by atoms with Gasteiger partial charge in [0.05, 0.1) is 23.3 Å². The largest absolute Gasteiger partial charge is 0.353 e. The topological polar surface area (TPSA) is 45.2 Å². The van der Waals surface area contributed by atoms with E-state index < -0.39 is 23.7 Å². The van der Waals surface area contributed by atoms with Crippen LogP contribution < -0.4 is 10.2 Å². The van der Waals surface area contributed by atoms with Crippen molar-refractivity contribution in [2.75, 3.05) is 23.3 Å². The Hall–Kier alpha value is -2.61. The molecule has 1 aliphatic heterocycles. The third-order valence-electron chi connectivity index (χ3n) is 5.15. The number of rotatable bonds is 3. The number of carbonyl (C=O) groups excluding carboxylic acids is 1. The lowest BCUT2D eigenvalue weighted by Gasteiger charge is -2.32. The average Bonchev–Trinajstić information content (AvgIpc) is 2.69. The van der Waals surface area contributed by atoms with Crippen molar-refractivity contribution in [3.8, 4) is 0 Å². The quantitative estimate of drug-likeness (QED) is 0.536. The van der Waals surface area contributed by atoms with Gasteiger partial charge in [0.2, 0.25) is 0 Å². The second-order valence-corrected chi connectivity index (χ2v) is 8.19. The van der Waals surface area contributed by atoms with E-state index >= 15 is 0 Å². The van der Waals surface area contributed by atoms with Gasteiger partial charge in [0.1, 0.15) is 23.6 Å². The van der Waals surface area contributed by atoms with Gasteiger partial charge in [-0.3, -0.25) is 4.79 Å². The maximum Gasteiger partial charge on any atom is 0.256 e. The second-order valence-electron chi connectivity index (χ2n) is 7.28. The van der Waals surface area contributed by atoms with Crippen LogP contribution in [0.2, 0.25) is 0 Å². The highest BCUT2D eigenvalue weighted by Crippen LogP contribution is 2.32. The van der Waals surface area contributed by atoms with Gasteiger partial charge in [-0.25, -0.2) is 18.2 Å². The molecule has 0 bridgehead atoms. The molecule has 1 unspecified atom stereocenters. The first-order valence-electron chi connectivity index (χ1n) is 9.50. The lowest BCUT2D eigenvalue weighted by atomic mass is 10.0. The highest BCUT2D eigenvalue weighted by Gasteiger charge is 2.26. The Bertz CT molecular complexity index is 1140. The predicted molar refractivity (Wildman–Crippen MR) is 114 cm³/mol. The summed E-state index contributed by atoms with van der Waals surface area (Å²) in [6, 6.07) is 9.36. The van der Waals surface area contributed by atoms with E-state index in [1.807, 2.05) is 4.90 Å². The Kier molecular flexibility index (Phi) is 5.69. The lowest BCUT2D eigenvalue weighted by molar-refractivity contribution is 0.102. The van der Waals surface area contributed by atoms with Crippen LogP contribution in [-0.2, 0) is 0 Å². The normalized spacial score (nSPS) is 16.7. The van der Waals surface area contributed by atoms with E-state index in [1.165, 1.54) is 0 Å². The van der Waals surface area contributed by atoms with E-state index in [0.717, 1.165) is 10.5 Å². The molecule has 4 nitrogen and oxygen atoms in total. The fourth-order valence-electron chi connectivity index (χ4n) is 3.75. The fraction of sp³-hybridized carbons (Fsp3) is 0.273. The van der Waals surface area contributed by atoms with Crippen LogP contribution in [0.5, 0.6) is 0 Å². The first-order chi connectivity index (χ1) is 14.3. The molecule has 0 saturated carbocycles. The van der Waals surface area contributed by atoms with Crippen molar-refractivity contribution in [1.82, 2.24) is 4.98 Å². The minimum absolute atomic E-state index is 0.206. The number of piperidine rings is 1. The molecular weight excluding hydrogens is 459 g/mol. The number of benzene rings is 2. The molecule has 2 aromatic carbocycles. The first-order valence-corrected chi connectivity index (χ1v) is 10.3. The number of fused-ring (bicyclic) bond motifs is 1. The van der Waals surface area contributed by atoms with Gasteiger partial charge in [-0.15, -0.1) is 0 Å². The number of anilines is 2. The second kappa shape index (κ2) is 8.26. The highest BCUT2D eigenvalue weighted by atomic mass is 79.9. The molecule has 1 aromatic heterocycles. The van der Waals surface area contributed by atoms with E-state index in [-0.39, 0.29) is 12.2 Å². The zero-order valence-corrected chi connectivity index (χ0v) is 17.7.